The number of alkyl halides is 1. The molecule has 1 spiro atoms. The fourth-order valence-corrected chi connectivity index (χ4v) is 5.90. The lowest BCUT2D eigenvalue weighted by Gasteiger charge is -2.36. The number of halogens is 1. The van der Waals surface area contributed by atoms with Crippen LogP contribution in [0.3, 0.4) is 0 Å². The molecule has 0 aromatic carbocycles. The molecule has 4 atom stereocenters. The Bertz CT molecular complexity index is 324. The van der Waals surface area contributed by atoms with Gasteiger partial charge < -0.3 is 4.74 Å². The van der Waals surface area contributed by atoms with Crippen molar-refractivity contribution < 1.29 is 4.74 Å². The second kappa shape index (κ2) is 7.34. The van der Waals surface area contributed by atoms with Crippen molar-refractivity contribution in [2.24, 2.45) is 11.8 Å². The van der Waals surface area contributed by atoms with Gasteiger partial charge in [0.25, 0.3) is 0 Å². The van der Waals surface area contributed by atoms with E-state index in [-0.39, 0.29) is 0 Å². The number of hydrogen-bond donors (Lipinski definition) is 0. The molecule has 0 aromatic heterocycles. The minimum Gasteiger partial charge on any atom is -0.372 e. The molecule has 2 aliphatic carbocycles. The molecule has 0 amide bonds. The first-order valence-electron chi connectivity index (χ1n) is 9.53. The highest BCUT2D eigenvalue weighted by Gasteiger charge is 2.42. The van der Waals surface area contributed by atoms with E-state index in [4.69, 9.17) is 4.74 Å². The Kier molecular flexibility index (Phi) is 5.70. The summed E-state index contributed by atoms with van der Waals surface area (Å²) in [6.45, 7) is 2.34. The maximum absolute atomic E-state index is 6.62. The molecule has 122 valence electrons. The van der Waals surface area contributed by atoms with E-state index >= 15 is 0 Å². The van der Waals surface area contributed by atoms with Crippen LogP contribution in [0.15, 0.2) is 0 Å². The van der Waals surface area contributed by atoms with Crippen LogP contribution in [-0.2, 0) is 4.74 Å². The lowest BCUT2D eigenvalue weighted by atomic mass is 9.77. The van der Waals surface area contributed by atoms with E-state index in [1.165, 1.54) is 83.5 Å². The molecule has 0 aromatic rings. The Balaban J connectivity index is 1.51. The maximum Gasteiger partial charge on any atom is 0.0687 e. The van der Waals surface area contributed by atoms with Crippen LogP contribution >= 0.6 is 15.9 Å². The van der Waals surface area contributed by atoms with Gasteiger partial charge in [0.05, 0.1) is 11.7 Å². The van der Waals surface area contributed by atoms with Crippen molar-refractivity contribution in [3.05, 3.63) is 0 Å². The average Bonchev–Trinajstić information content (AvgIpc) is 2.86. The lowest BCUT2D eigenvalue weighted by molar-refractivity contribution is -0.0713. The van der Waals surface area contributed by atoms with Gasteiger partial charge in [-0.05, 0) is 63.2 Å². The van der Waals surface area contributed by atoms with E-state index in [2.05, 4.69) is 22.9 Å². The SMILES string of the molecule is CCCC1CCC(Br)C(CC2CCC3(CCCCC3)O2)C1. The van der Waals surface area contributed by atoms with Crippen molar-refractivity contribution >= 4 is 15.9 Å². The highest BCUT2D eigenvalue weighted by Crippen LogP contribution is 2.45. The zero-order chi connectivity index (χ0) is 14.7. The summed E-state index contributed by atoms with van der Waals surface area (Å²) in [5.74, 6) is 1.85. The molecule has 1 aliphatic heterocycles. The van der Waals surface area contributed by atoms with E-state index in [9.17, 15) is 0 Å². The molecule has 21 heavy (non-hydrogen) atoms. The zero-order valence-corrected chi connectivity index (χ0v) is 15.4. The molecule has 0 radical (unpaired) electrons. The summed E-state index contributed by atoms with van der Waals surface area (Å²) in [4.78, 5) is 0.747. The average molecular weight is 357 g/mol. The molecule has 0 N–H and O–H groups in total. The zero-order valence-electron chi connectivity index (χ0n) is 13.8. The van der Waals surface area contributed by atoms with Gasteiger partial charge in [-0.25, -0.2) is 0 Å². The largest absolute Gasteiger partial charge is 0.372 e. The first-order valence-corrected chi connectivity index (χ1v) is 10.4. The summed E-state index contributed by atoms with van der Waals surface area (Å²) in [5, 5.41) is 0. The van der Waals surface area contributed by atoms with Gasteiger partial charge in [0, 0.05) is 4.83 Å². The van der Waals surface area contributed by atoms with Gasteiger partial charge in [0.15, 0.2) is 0 Å². The third-order valence-corrected chi connectivity index (χ3v) is 7.57. The molecular weight excluding hydrogens is 324 g/mol. The van der Waals surface area contributed by atoms with Crippen LogP contribution < -0.4 is 0 Å². The molecule has 1 nitrogen and oxygen atoms in total. The van der Waals surface area contributed by atoms with Crippen LogP contribution in [0, 0.1) is 11.8 Å². The molecule has 1 saturated heterocycles. The van der Waals surface area contributed by atoms with Crippen molar-refractivity contribution in [2.75, 3.05) is 0 Å². The standard InChI is InChI=1S/C19H33BrO/c1-2-6-15-7-8-18(20)16(13-15)14-17-9-12-19(21-17)10-4-3-5-11-19/h15-18H,2-14H2,1H3. The van der Waals surface area contributed by atoms with E-state index in [0.29, 0.717) is 11.7 Å². The van der Waals surface area contributed by atoms with Crippen LogP contribution in [-0.4, -0.2) is 16.5 Å². The van der Waals surface area contributed by atoms with E-state index < -0.39 is 0 Å². The fraction of sp³-hybridized carbons (Fsp3) is 1.00. The molecule has 2 saturated carbocycles. The molecule has 1 heterocycles. The molecule has 4 unspecified atom stereocenters. The van der Waals surface area contributed by atoms with Crippen LogP contribution in [0.4, 0.5) is 0 Å². The summed E-state index contributed by atoms with van der Waals surface area (Å²) >= 11 is 3.97. The third kappa shape index (κ3) is 4.05. The van der Waals surface area contributed by atoms with Gasteiger partial charge in [0.1, 0.15) is 0 Å². The van der Waals surface area contributed by atoms with Crippen LogP contribution in [0.2, 0.25) is 0 Å². The predicted molar refractivity (Wildman–Crippen MR) is 93.0 cm³/mol. The fourth-order valence-electron chi connectivity index (χ4n) is 5.20. The van der Waals surface area contributed by atoms with Crippen LogP contribution in [0.1, 0.15) is 90.4 Å². The first-order chi connectivity index (χ1) is 10.2. The molecule has 2 heteroatoms. The van der Waals surface area contributed by atoms with Crippen molar-refractivity contribution in [1.82, 2.24) is 0 Å². The summed E-state index contributed by atoms with van der Waals surface area (Å²) in [6, 6.07) is 0. The van der Waals surface area contributed by atoms with Gasteiger partial charge in [-0.15, -0.1) is 0 Å². The van der Waals surface area contributed by atoms with E-state index in [1.54, 1.807) is 0 Å². The van der Waals surface area contributed by atoms with Gasteiger partial charge >= 0.3 is 0 Å². The first kappa shape index (κ1) is 16.3. The van der Waals surface area contributed by atoms with Crippen molar-refractivity contribution in [2.45, 2.75) is 107 Å². The number of ether oxygens (including phenoxy) is 1. The van der Waals surface area contributed by atoms with Crippen molar-refractivity contribution in [3.63, 3.8) is 0 Å². The van der Waals surface area contributed by atoms with Crippen LogP contribution in [0.5, 0.6) is 0 Å². The Morgan fingerprint density at radius 2 is 1.86 bits per heavy atom. The molecule has 0 bridgehead atoms. The summed E-state index contributed by atoms with van der Waals surface area (Å²) in [5.41, 5.74) is 0.308. The maximum atomic E-state index is 6.62. The summed E-state index contributed by atoms with van der Waals surface area (Å²) < 4.78 is 6.62. The topological polar surface area (TPSA) is 9.23 Å². The van der Waals surface area contributed by atoms with Crippen molar-refractivity contribution in [3.8, 4) is 0 Å². The predicted octanol–water partition coefficient (Wildman–Crippen LogP) is 6.24. The molecule has 3 rings (SSSR count). The summed E-state index contributed by atoms with van der Waals surface area (Å²) in [6.07, 6.45) is 18.5. The van der Waals surface area contributed by atoms with E-state index in [0.717, 1.165) is 16.7 Å². The van der Waals surface area contributed by atoms with Gasteiger partial charge in [-0.2, -0.15) is 0 Å². The summed E-state index contributed by atoms with van der Waals surface area (Å²) in [7, 11) is 0. The van der Waals surface area contributed by atoms with Crippen LogP contribution in [0.25, 0.3) is 0 Å². The van der Waals surface area contributed by atoms with E-state index in [1.807, 2.05) is 0 Å². The molecule has 3 fully saturated rings. The quantitative estimate of drug-likeness (QED) is 0.541. The Morgan fingerprint density at radius 3 is 2.62 bits per heavy atom. The Labute approximate surface area is 139 Å². The Morgan fingerprint density at radius 1 is 1.05 bits per heavy atom. The van der Waals surface area contributed by atoms with Gasteiger partial charge in [-0.3, -0.25) is 0 Å². The molecule has 3 aliphatic rings. The highest BCUT2D eigenvalue weighted by molar-refractivity contribution is 9.09. The normalized spacial score (nSPS) is 39.7. The second-order valence-electron chi connectivity index (χ2n) is 8.00. The number of rotatable bonds is 4. The van der Waals surface area contributed by atoms with Crippen molar-refractivity contribution in [1.29, 1.82) is 0 Å². The molecular formula is C19H33BrO. The highest BCUT2D eigenvalue weighted by atomic mass is 79.9. The number of hydrogen-bond acceptors (Lipinski definition) is 1. The Hall–Kier alpha value is 0.440. The lowest BCUT2D eigenvalue weighted by Crippen LogP contribution is -2.33. The monoisotopic (exact) mass is 356 g/mol. The minimum atomic E-state index is 0.308. The smallest absolute Gasteiger partial charge is 0.0687 e. The van der Waals surface area contributed by atoms with Gasteiger partial charge in [0.2, 0.25) is 0 Å². The second-order valence-corrected chi connectivity index (χ2v) is 9.18. The minimum absolute atomic E-state index is 0.308. The van der Waals surface area contributed by atoms with Gasteiger partial charge in [-0.1, -0.05) is 55.0 Å². The third-order valence-electron chi connectivity index (χ3n) is 6.36.